The van der Waals surface area contributed by atoms with E-state index in [9.17, 15) is 9.59 Å². The number of carbonyl (C=O) groups excluding carboxylic acids is 2. The monoisotopic (exact) mass is 500 g/mol. The van der Waals surface area contributed by atoms with Crippen LogP contribution >= 0.6 is 22.9 Å². The molecule has 0 bridgehead atoms. The highest BCUT2D eigenvalue weighted by atomic mass is 35.5. The second kappa shape index (κ2) is 9.65. The van der Waals surface area contributed by atoms with E-state index >= 15 is 0 Å². The molecule has 0 radical (unpaired) electrons. The third-order valence-corrected chi connectivity index (χ3v) is 8.19. The molecule has 1 fully saturated rings. The molecule has 180 valence electrons. The number of aromatic amines is 1. The van der Waals surface area contributed by atoms with Gasteiger partial charge in [0.2, 0.25) is 0 Å². The van der Waals surface area contributed by atoms with E-state index in [0.717, 1.165) is 60.2 Å². The fraction of sp³-hybridized carbons (Fsp3) is 0.458. The molecule has 10 heteroatoms. The molecule has 2 amide bonds. The Bertz CT molecular complexity index is 1220. The number of likely N-dealkylation sites (N-methyl/N-ethyl adjacent to an activating group) is 1. The lowest BCUT2D eigenvalue weighted by molar-refractivity contribution is 0.0843. The molecule has 3 aromatic rings. The van der Waals surface area contributed by atoms with E-state index in [1.54, 1.807) is 12.1 Å². The van der Waals surface area contributed by atoms with Crippen molar-refractivity contribution in [1.29, 1.82) is 0 Å². The van der Waals surface area contributed by atoms with Crippen molar-refractivity contribution in [1.82, 2.24) is 25.5 Å². The highest BCUT2D eigenvalue weighted by Crippen LogP contribution is 2.27. The molecule has 2 aliphatic rings. The second-order valence-electron chi connectivity index (χ2n) is 9.37. The van der Waals surface area contributed by atoms with Crippen molar-refractivity contribution >= 4 is 45.7 Å². The van der Waals surface area contributed by atoms with E-state index in [1.165, 1.54) is 11.3 Å². The first-order valence-corrected chi connectivity index (χ1v) is 12.9. The van der Waals surface area contributed by atoms with Crippen molar-refractivity contribution in [2.75, 3.05) is 20.1 Å². The zero-order valence-corrected chi connectivity index (χ0v) is 20.6. The Hall–Kier alpha value is -2.46. The summed E-state index contributed by atoms with van der Waals surface area (Å²) in [6.45, 7) is 2.34. The van der Waals surface area contributed by atoms with Crippen LogP contribution in [0.15, 0.2) is 24.3 Å². The summed E-state index contributed by atoms with van der Waals surface area (Å²) in [5, 5.41) is 8.29. The van der Waals surface area contributed by atoms with E-state index in [-0.39, 0.29) is 23.9 Å². The Labute approximate surface area is 207 Å². The van der Waals surface area contributed by atoms with Gasteiger partial charge in [-0.25, -0.2) is 4.98 Å². The number of thiazole rings is 1. The van der Waals surface area contributed by atoms with Crippen LogP contribution in [-0.4, -0.2) is 58.9 Å². The molecule has 8 nitrogen and oxygen atoms in total. The van der Waals surface area contributed by atoms with Gasteiger partial charge in [-0.15, -0.1) is 11.3 Å². The van der Waals surface area contributed by atoms with Crippen molar-refractivity contribution in [3.05, 3.63) is 50.6 Å². The summed E-state index contributed by atoms with van der Waals surface area (Å²) in [6, 6.07) is 6.87. The number of fused-ring (bicyclic) bond motifs is 2. The van der Waals surface area contributed by atoms with Gasteiger partial charge >= 0.3 is 0 Å². The van der Waals surface area contributed by atoms with E-state index in [4.69, 9.17) is 17.3 Å². The van der Waals surface area contributed by atoms with E-state index in [2.05, 4.69) is 32.5 Å². The number of aromatic nitrogens is 2. The SMILES string of the molecule is CN1CCc2nc(C(=O)NC3C[C@H](CN)CCC3NC(=O)c3cc4cc(Cl)ccc4[nH]3)sc2C1. The fourth-order valence-corrected chi connectivity index (χ4v) is 6.20. The zero-order chi connectivity index (χ0) is 23.8. The Morgan fingerprint density at radius 1 is 1.24 bits per heavy atom. The summed E-state index contributed by atoms with van der Waals surface area (Å²) in [6.07, 6.45) is 3.25. The Morgan fingerprint density at radius 2 is 2.06 bits per heavy atom. The first-order chi connectivity index (χ1) is 16.4. The number of nitrogens with one attached hydrogen (secondary N) is 3. The minimum absolute atomic E-state index is 0.177. The van der Waals surface area contributed by atoms with Gasteiger partial charge in [0.15, 0.2) is 5.01 Å². The maximum absolute atomic E-state index is 13.1. The summed E-state index contributed by atoms with van der Waals surface area (Å²) in [7, 11) is 2.08. The van der Waals surface area contributed by atoms with Crippen molar-refractivity contribution in [2.24, 2.45) is 11.7 Å². The van der Waals surface area contributed by atoms with Gasteiger partial charge in [-0.3, -0.25) is 9.59 Å². The molecule has 5 N–H and O–H groups in total. The quantitative estimate of drug-likeness (QED) is 0.430. The lowest BCUT2D eigenvalue weighted by Gasteiger charge is -2.36. The van der Waals surface area contributed by atoms with Crippen molar-refractivity contribution in [2.45, 2.75) is 44.3 Å². The fourth-order valence-electron chi connectivity index (χ4n) is 4.93. The van der Waals surface area contributed by atoms with Crippen LogP contribution in [0.4, 0.5) is 0 Å². The van der Waals surface area contributed by atoms with Crippen LogP contribution < -0.4 is 16.4 Å². The average molecular weight is 501 g/mol. The molecule has 2 unspecified atom stereocenters. The summed E-state index contributed by atoms with van der Waals surface area (Å²) in [4.78, 5) is 37.3. The first-order valence-electron chi connectivity index (χ1n) is 11.7. The van der Waals surface area contributed by atoms with Crippen LogP contribution in [0, 0.1) is 5.92 Å². The van der Waals surface area contributed by atoms with Crippen molar-refractivity contribution < 1.29 is 9.59 Å². The van der Waals surface area contributed by atoms with Crippen LogP contribution in [0.1, 0.15) is 50.1 Å². The lowest BCUT2D eigenvalue weighted by atomic mass is 9.82. The lowest BCUT2D eigenvalue weighted by Crippen LogP contribution is -2.55. The molecule has 34 heavy (non-hydrogen) atoms. The molecule has 2 aromatic heterocycles. The van der Waals surface area contributed by atoms with Crippen LogP contribution in [-0.2, 0) is 13.0 Å². The molecule has 0 spiro atoms. The number of nitrogens with two attached hydrogens (primary N) is 1. The van der Waals surface area contributed by atoms with E-state index in [1.807, 2.05) is 12.1 Å². The predicted molar refractivity (Wildman–Crippen MR) is 134 cm³/mol. The van der Waals surface area contributed by atoms with Crippen LogP contribution in [0.3, 0.4) is 0 Å². The molecular weight excluding hydrogens is 472 g/mol. The van der Waals surface area contributed by atoms with Gasteiger partial charge in [0.1, 0.15) is 5.69 Å². The molecule has 1 saturated carbocycles. The highest BCUT2D eigenvalue weighted by Gasteiger charge is 2.33. The van der Waals surface area contributed by atoms with Crippen molar-refractivity contribution in [3.63, 3.8) is 0 Å². The predicted octanol–water partition coefficient (Wildman–Crippen LogP) is 2.92. The topological polar surface area (TPSA) is 116 Å². The summed E-state index contributed by atoms with van der Waals surface area (Å²) in [5.41, 5.74) is 8.30. The summed E-state index contributed by atoms with van der Waals surface area (Å²) >= 11 is 7.54. The van der Waals surface area contributed by atoms with Gasteiger partial charge in [0.05, 0.1) is 5.69 Å². The van der Waals surface area contributed by atoms with Gasteiger partial charge in [-0.1, -0.05) is 11.6 Å². The van der Waals surface area contributed by atoms with Crippen LogP contribution in [0.5, 0.6) is 0 Å². The molecule has 3 heterocycles. The normalized spacial score (nSPS) is 23.0. The molecular formula is C24H29ClN6O2S. The van der Waals surface area contributed by atoms with Crippen molar-refractivity contribution in [3.8, 4) is 0 Å². The third kappa shape index (κ3) is 4.84. The number of amides is 2. The number of halogens is 1. The van der Waals surface area contributed by atoms with Crippen LogP contribution in [0.2, 0.25) is 5.02 Å². The molecule has 3 atom stereocenters. The Balaban J connectivity index is 1.30. The number of H-pyrrole nitrogens is 1. The molecule has 5 rings (SSSR count). The van der Waals surface area contributed by atoms with Crippen LogP contribution in [0.25, 0.3) is 10.9 Å². The minimum Gasteiger partial charge on any atom is -0.351 e. The van der Waals surface area contributed by atoms with Gasteiger partial charge in [-0.2, -0.15) is 0 Å². The number of nitrogens with zero attached hydrogens (tertiary/aromatic N) is 2. The minimum atomic E-state index is -0.207. The number of rotatable bonds is 5. The highest BCUT2D eigenvalue weighted by molar-refractivity contribution is 7.13. The number of benzene rings is 1. The first kappa shape index (κ1) is 23.3. The number of hydrogen-bond acceptors (Lipinski definition) is 6. The zero-order valence-electron chi connectivity index (χ0n) is 19.1. The maximum Gasteiger partial charge on any atom is 0.280 e. The van der Waals surface area contributed by atoms with Gasteiger partial charge in [0, 0.05) is 52.4 Å². The second-order valence-corrected chi connectivity index (χ2v) is 10.9. The van der Waals surface area contributed by atoms with Gasteiger partial charge < -0.3 is 26.3 Å². The van der Waals surface area contributed by atoms with E-state index < -0.39 is 0 Å². The van der Waals surface area contributed by atoms with Gasteiger partial charge in [-0.05, 0) is 63.0 Å². The molecule has 0 saturated heterocycles. The maximum atomic E-state index is 13.1. The Morgan fingerprint density at radius 3 is 2.88 bits per heavy atom. The molecule has 1 aromatic carbocycles. The molecule has 1 aliphatic heterocycles. The summed E-state index contributed by atoms with van der Waals surface area (Å²) in [5.74, 6) is -0.0634. The Kier molecular flexibility index (Phi) is 6.61. The molecule has 1 aliphatic carbocycles. The average Bonchev–Trinajstić information content (AvgIpc) is 3.43. The van der Waals surface area contributed by atoms with E-state index in [0.29, 0.717) is 28.2 Å². The van der Waals surface area contributed by atoms with Gasteiger partial charge in [0.25, 0.3) is 11.8 Å². The third-order valence-electron chi connectivity index (χ3n) is 6.87. The largest absolute Gasteiger partial charge is 0.351 e. The smallest absolute Gasteiger partial charge is 0.280 e. The number of hydrogen-bond donors (Lipinski definition) is 4. The standard InChI is InChI=1S/C24H29ClN6O2S/c1-31-7-6-18-21(12-31)34-24(30-18)23(33)29-19-8-13(11-26)2-4-17(19)28-22(32)20-10-14-9-15(25)3-5-16(14)27-20/h3,5,9-10,13,17,19,27H,2,4,6-8,11-12,26H2,1H3,(H,28,32)(H,29,33)/t13-,17?,19?/m1/s1. The number of carbonyl (C=O) groups is 2. The summed E-state index contributed by atoms with van der Waals surface area (Å²) < 4.78 is 0.